The van der Waals surface area contributed by atoms with E-state index < -0.39 is 17.8 Å². The van der Waals surface area contributed by atoms with E-state index in [0.29, 0.717) is 13.2 Å². The van der Waals surface area contributed by atoms with E-state index in [-0.39, 0.29) is 23.2 Å². The van der Waals surface area contributed by atoms with Gasteiger partial charge in [-0.25, -0.2) is 14.0 Å². The van der Waals surface area contributed by atoms with Crippen LogP contribution in [0.1, 0.15) is 23.7 Å². The quantitative estimate of drug-likeness (QED) is 0.793. The molecule has 0 aliphatic carbocycles. The first kappa shape index (κ1) is 15.2. The molecule has 114 valence electrons. The molecular formula is C14H17FN2O4. The second kappa shape index (κ2) is 6.53. The van der Waals surface area contributed by atoms with Crippen LogP contribution in [-0.4, -0.2) is 36.4 Å². The van der Waals surface area contributed by atoms with Gasteiger partial charge >= 0.3 is 12.0 Å². The summed E-state index contributed by atoms with van der Waals surface area (Å²) in [6, 6.07) is 2.54. The first-order valence-electron chi connectivity index (χ1n) is 6.65. The average molecular weight is 296 g/mol. The van der Waals surface area contributed by atoms with Crippen LogP contribution in [0.3, 0.4) is 0 Å². The van der Waals surface area contributed by atoms with Gasteiger partial charge in [0, 0.05) is 18.6 Å². The highest BCUT2D eigenvalue weighted by Crippen LogP contribution is 2.18. The van der Waals surface area contributed by atoms with Gasteiger partial charge in [-0.1, -0.05) is 0 Å². The van der Waals surface area contributed by atoms with Crippen molar-refractivity contribution in [3.8, 4) is 0 Å². The lowest BCUT2D eigenvalue weighted by atomic mass is 10.0. The summed E-state index contributed by atoms with van der Waals surface area (Å²) in [5, 5.41) is 13.9. The fourth-order valence-electron chi connectivity index (χ4n) is 2.18. The van der Waals surface area contributed by atoms with Crippen molar-refractivity contribution in [2.75, 3.05) is 18.5 Å². The Balaban J connectivity index is 1.98. The van der Waals surface area contributed by atoms with E-state index in [9.17, 15) is 14.0 Å². The summed E-state index contributed by atoms with van der Waals surface area (Å²) in [6.07, 6.45) is 0.865. The maximum Gasteiger partial charge on any atom is 0.335 e. The number of urea groups is 1. The summed E-state index contributed by atoms with van der Waals surface area (Å²) in [6.45, 7) is 3.11. The van der Waals surface area contributed by atoms with Gasteiger partial charge < -0.3 is 20.5 Å². The van der Waals surface area contributed by atoms with Gasteiger partial charge in [0.15, 0.2) is 0 Å². The van der Waals surface area contributed by atoms with Gasteiger partial charge in [0.25, 0.3) is 0 Å². The van der Waals surface area contributed by atoms with Crippen LogP contribution in [0.25, 0.3) is 0 Å². The second-order valence-electron chi connectivity index (χ2n) is 5.01. The average Bonchev–Trinajstić information content (AvgIpc) is 2.95. The third-order valence-corrected chi connectivity index (χ3v) is 3.49. The van der Waals surface area contributed by atoms with E-state index in [1.54, 1.807) is 0 Å². The van der Waals surface area contributed by atoms with Gasteiger partial charge in [-0.05, 0) is 31.5 Å². The van der Waals surface area contributed by atoms with Crippen molar-refractivity contribution >= 4 is 17.7 Å². The molecule has 1 aliphatic rings. The van der Waals surface area contributed by atoms with Gasteiger partial charge in [-0.3, -0.25) is 0 Å². The van der Waals surface area contributed by atoms with Crippen LogP contribution in [0.15, 0.2) is 18.2 Å². The standard InChI is InChI=1S/C14H17FN2O4/c1-8(10-4-5-21-7-10)16-14(20)17-12-6-9(13(18)19)2-3-11(12)15/h2-3,6,8,10H,4-5,7H2,1H3,(H,18,19)(H2,16,17,20). The van der Waals surface area contributed by atoms with E-state index in [0.717, 1.165) is 24.6 Å². The van der Waals surface area contributed by atoms with E-state index in [1.165, 1.54) is 0 Å². The maximum absolute atomic E-state index is 13.6. The lowest BCUT2D eigenvalue weighted by Gasteiger charge is -2.19. The lowest BCUT2D eigenvalue weighted by molar-refractivity contribution is 0.0697. The zero-order valence-electron chi connectivity index (χ0n) is 11.6. The SMILES string of the molecule is CC(NC(=O)Nc1cc(C(=O)O)ccc1F)C1CCOC1. The number of hydrogen-bond donors (Lipinski definition) is 3. The third-order valence-electron chi connectivity index (χ3n) is 3.49. The molecule has 2 atom stereocenters. The summed E-state index contributed by atoms with van der Waals surface area (Å²) < 4.78 is 18.8. The predicted octanol–water partition coefficient (Wildman–Crippen LogP) is 2.07. The number of nitrogens with one attached hydrogen (secondary N) is 2. The molecule has 2 amide bonds. The van der Waals surface area contributed by atoms with Gasteiger partial charge in [-0.2, -0.15) is 0 Å². The molecule has 0 radical (unpaired) electrons. The Morgan fingerprint density at radius 1 is 1.48 bits per heavy atom. The minimum absolute atomic E-state index is 0.0936. The molecule has 1 fully saturated rings. The molecule has 21 heavy (non-hydrogen) atoms. The van der Waals surface area contributed by atoms with Gasteiger partial charge in [0.1, 0.15) is 5.82 Å². The number of hydrogen-bond acceptors (Lipinski definition) is 3. The van der Waals surface area contributed by atoms with Crippen molar-refractivity contribution in [1.82, 2.24) is 5.32 Å². The molecule has 0 saturated carbocycles. The molecule has 3 N–H and O–H groups in total. The summed E-state index contributed by atoms with van der Waals surface area (Å²) in [4.78, 5) is 22.7. The normalized spacial score (nSPS) is 19.0. The number of rotatable bonds is 4. The fourth-order valence-corrected chi connectivity index (χ4v) is 2.18. The summed E-state index contributed by atoms with van der Waals surface area (Å²) in [5.41, 5.74) is -0.258. The molecule has 0 spiro atoms. The number of carbonyl (C=O) groups is 2. The molecule has 2 rings (SSSR count). The Labute approximate surface area is 121 Å². The van der Waals surface area contributed by atoms with E-state index in [2.05, 4.69) is 10.6 Å². The summed E-state index contributed by atoms with van der Waals surface area (Å²) >= 11 is 0. The van der Waals surface area contributed by atoms with Crippen LogP contribution < -0.4 is 10.6 Å². The Morgan fingerprint density at radius 3 is 2.86 bits per heavy atom. The Bertz CT molecular complexity index is 544. The van der Waals surface area contributed by atoms with Crippen LogP contribution in [0.2, 0.25) is 0 Å². The number of carboxylic acids is 1. The minimum Gasteiger partial charge on any atom is -0.478 e. The number of amides is 2. The molecule has 1 aliphatic heterocycles. The minimum atomic E-state index is -1.19. The Kier molecular flexibility index (Phi) is 4.74. The molecule has 1 saturated heterocycles. The topological polar surface area (TPSA) is 87.7 Å². The zero-order chi connectivity index (χ0) is 15.4. The number of aromatic carboxylic acids is 1. The zero-order valence-corrected chi connectivity index (χ0v) is 11.6. The molecule has 6 nitrogen and oxygen atoms in total. The molecule has 0 bridgehead atoms. The second-order valence-corrected chi connectivity index (χ2v) is 5.01. The highest BCUT2D eigenvalue weighted by atomic mass is 19.1. The fraction of sp³-hybridized carbons (Fsp3) is 0.429. The van der Waals surface area contributed by atoms with Crippen molar-refractivity contribution in [2.45, 2.75) is 19.4 Å². The molecule has 0 aromatic heterocycles. The molecule has 7 heteroatoms. The van der Waals surface area contributed by atoms with Gasteiger partial charge in [0.05, 0.1) is 17.9 Å². The van der Waals surface area contributed by atoms with Crippen LogP contribution in [0, 0.1) is 11.7 Å². The van der Waals surface area contributed by atoms with Crippen LogP contribution >= 0.6 is 0 Å². The van der Waals surface area contributed by atoms with Crippen molar-refractivity contribution < 1.29 is 23.8 Å². The highest BCUT2D eigenvalue weighted by molar-refractivity contribution is 5.93. The third kappa shape index (κ3) is 3.91. The monoisotopic (exact) mass is 296 g/mol. The summed E-state index contributed by atoms with van der Waals surface area (Å²) in [7, 11) is 0. The summed E-state index contributed by atoms with van der Waals surface area (Å²) in [5.74, 6) is -1.65. The lowest BCUT2D eigenvalue weighted by Crippen LogP contribution is -2.41. The molecule has 1 heterocycles. The van der Waals surface area contributed by atoms with Gasteiger partial charge in [-0.15, -0.1) is 0 Å². The largest absolute Gasteiger partial charge is 0.478 e. The van der Waals surface area contributed by atoms with E-state index in [4.69, 9.17) is 9.84 Å². The predicted molar refractivity (Wildman–Crippen MR) is 73.9 cm³/mol. The molecule has 2 unspecified atom stereocenters. The number of carbonyl (C=O) groups excluding carboxylic acids is 1. The smallest absolute Gasteiger partial charge is 0.335 e. The van der Waals surface area contributed by atoms with Crippen LogP contribution in [0.5, 0.6) is 0 Å². The van der Waals surface area contributed by atoms with E-state index in [1.807, 2.05) is 6.92 Å². The first-order chi connectivity index (χ1) is 9.97. The molecular weight excluding hydrogens is 279 g/mol. The maximum atomic E-state index is 13.6. The number of anilines is 1. The van der Waals surface area contributed by atoms with Crippen LogP contribution in [-0.2, 0) is 4.74 Å². The van der Waals surface area contributed by atoms with Crippen molar-refractivity contribution in [1.29, 1.82) is 0 Å². The highest BCUT2D eigenvalue weighted by Gasteiger charge is 2.23. The number of halogens is 1. The van der Waals surface area contributed by atoms with Crippen molar-refractivity contribution in [3.05, 3.63) is 29.6 Å². The number of benzene rings is 1. The Hall–Kier alpha value is -2.15. The Morgan fingerprint density at radius 2 is 2.24 bits per heavy atom. The number of carboxylic acid groups (broad SMARTS) is 1. The molecule has 1 aromatic carbocycles. The van der Waals surface area contributed by atoms with Crippen LogP contribution in [0.4, 0.5) is 14.9 Å². The molecule has 1 aromatic rings. The first-order valence-corrected chi connectivity index (χ1v) is 6.65. The van der Waals surface area contributed by atoms with Gasteiger partial charge in [0.2, 0.25) is 0 Å². The van der Waals surface area contributed by atoms with Crippen molar-refractivity contribution in [2.24, 2.45) is 5.92 Å². The van der Waals surface area contributed by atoms with E-state index >= 15 is 0 Å². The number of ether oxygens (including phenoxy) is 1. The van der Waals surface area contributed by atoms with Crippen molar-refractivity contribution in [3.63, 3.8) is 0 Å².